The molecule has 2 nitrogen and oxygen atoms in total. The fourth-order valence-electron chi connectivity index (χ4n) is 1.48. The molecule has 5 heteroatoms. The topological polar surface area (TPSA) is 16.1 Å². The molecular formula is C12H17F3N2. The lowest BCUT2D eigenvalue weighted by atomic mass is 10.1. The number of pyridine rings is 1. The number of halogens is 3. The normalized spacial score (nSPS) is 12.5. The van der Waals surface area contributed by atoms with Gasteiger partial charge in [-0.3, -0.25) is 4.98 Å². The molecule has 0 radical (unpaired) electrons. The lowest BCUT2D eigenvalue weighted by molar-refractivity contribution is -0.137. The second kappa shape index (κ2) is 5.04. The van der Waals surface area contributed by atoms with Crippen LogP contribution in [0, 0.1) is 0 Å². The number of nitrogens with zero attached hydrogens (tertiary/aromatic N) is 2. The van der Waals surface area contributed by atoms with Crippen LogP contribution in [0.5, 0.6) is 0 Å². The molecule has 96 valence electrons. The van der Waals surface area contributed by atoms with E-state index in [4.69, 9.17) is 0 Å². The molecule has 0 spiro atoms. The van der Waals surface area contributed by atoms with Gasteiger partial charge in [-0.15, -0.1) is 0 Å². The van der Waals surface area contributed by atoms with Crippen LogP contribution in [0.1, 0.15) is 36.7 Å². The van der Waals surface area contributed by atoms with E-state index in [1.165, 1.54) is 0 Å². The Morgan fingerprint density at radius 2 is 1.82 bits per heavy atom. The maximum absolute atomic E-state index is 12.7. The van der Waals surface area contributed by atoms with E-state index in [-0.39, 0.29) is 5.92 Å². The van der Waals surface area contributed by atoms with Crippen LogP contribution in [0.4, 0.5) is 13.2 Å². The van der Waals surface area contributed by atoms with Crippen molar-refractivity contribution in [3.05, 3.63) is 29.1 Å². The molecule has 1 heterocycles. The number of rotatable bonds is 3. The van der Waals surface area contributed by atoms with Crippen molar-refractivity contribution in [1.29, 1.82) is 0 Å². The molecule has 17 heavy (non-hydrogen) atoms. The van der Waals surface area contributed by atoms with Crippen molar-refractivity contribution in [2.45, 2.75) is 32.5 Å². The van der Waals surface area contributed by atoms with Crippen molar-refractivity contribution >= 4 is 0 Å². The minimum Gasteiger partial charge on any atom is -0.304 e. The second-order valence-electron chi connectivity index (χ2n) is 4.66. The van der Waals surface area contributed by atoms with E-state index in [9.17, 15) is 13.2 Å². The Hall–Kier alpha value is -1.10. The van der Waals surface area contributed by atoms with Crippen LogP contribution in [-0.2, 0) is 12.7 Å². The van der Waals surface area contributed by atoms with Crippen molar-refractivity contribution in [3.8, 4) is 0 Å². The van der Waals surface area contributed by atoms with Gasteiger partial charge in [0.05, 0.1) is 11.3 Å². The van der Waals surface area contributed by atoms with E-state index in [0.717, 1.165) is 12.1 Å². The predicted octanol–water partition coefficient (Wildman–Crippen LogP) is 3.29. The minimum atomic E-state index is -4.31. The summed E-state index contributed by atoms with van der Waals surface area (Å²) in [5.74, 6) is -0.0155. The Morgan fingerprint density at radius 1 is 1.24 bits per heavy atom. The Labute approximate surface area is 99.5 Å². The van der Waals surface area contributed by atoms with Gasteiger partial charge in [0.2, 0.25) is 0 Å². The number of hydrogen-bond acceptors (Lipinski definition) is 2. The highest BCUT2D eigenvalue weighted by Crippen LogP contribution is 2.31. The Morgan fingerprint density at radius 3 is 2.24 bits per heavy atom. The van der Waals surface area contributed by atoms with Gasteiger partial charge < -0.3 is 4.90 Å². The summed E-state index contributed by atoms with van der Waals surface area (Å²) in [5.41, 5.74) is 0.318. The average molecular weight is 246 g/mol. The lowest BCUT2D eigenvalue weighted by Gasteiger charge is -2.15. The van der Waals surface area contributed by atoms with Gasteiger partial charge >= 0.3 is 6.18 Å². The Bertz CT molecular complexity index is 384. The molecule has 1 rings (SSSR count). The van der Waals surface area contributed by atoms with Gasteiger partial charge in [-0.25, -0.2) is 0 Å². The summed E-state index contributed by atoms with van der Waals surface area (Å²) in [6.07, 6.45) is -4.31. The summed E-state index contributed by atoms with van der Waals surface area (Å²) in [7, 11) is 3.61. The van der Waals surface area contributed by atoms with Crippen molar-refractivity contribution in [1.82, 2.24) is 9.88 Å². The van der Waals surface area contributed by atoms with Gasteiger partial charge in [-0.05, 0) is 32.1 Å². The SMILES string of the molecule is CC(C)c1cc(C(F)(F)F)cc(CN(C)C)n1. The molecule has 0 aromatic carbocycles. The average Bonchev–Trinajstić information content (AvgIpc) is 2.14. The molecule has 0 aliphatic rings. The maximum Gasteiger partial charge on any atom is 0.416 e. The largest absolute Gasteiger partial charge is 0.416 e. The number of alkyl halides is 3. The van der Waals surface area contributed by atoms with Crippen LogP contribution in [-0.4, -0.2) is 24.0 Å². The molecule has 0 saturated heterocycles. The summed E-state index contributed by atoms with van der Waals surface area (Å²) in [6, 6.07) is 2.25. The third kappa shape index (κ3) is 4.00. The first-order valence-corrected chi connectivity index (χ1v) is 5.43. The van der Waals surface area contributed by atoms with Crippen molar-refractivity contribution in [2.75, 3.05) is 14.1 Å². The molecule has 0 aliphatic heterocycles. The zero-order valence-electron chi connectivity index (χ0n) is 10.5. The first kappa shape index (κ1) is 14.0. The zero-order chi connectivity index (χ0) is 13.2. The maximum atomic E-state index is 12.7. The molecule has 1 aromatic heterocycles. The molecule has 0 atom stereocenters. The van der Waals surface area contributed by atoms with E-state index in [1.807, 2.05) is 13.8 Å². The summed E-state index contributed by atoms with van der Waals surface area (Å²) in [4.78, 5) is 6.04. The van der Waals surface area contributed by atoms with E-state index < -0.39 is 11.7 Å². The van der Waals surface area contributed by atoms with E-state index in [0.29, 0.717) is 17.9 Å². The number of aromatic nitrogens is 1. The highest BCUT2D eigenvalue weighted by atomic mass is 19.4. The molecular weight excluding hydrogens is 229 g/mol. The molecule has 0 amide bonds. The Kier molecular flexibility index (Phi) is 4.14. The smallest absolute Gasteiger partial charge is 0.304 e. The molecule has 0 unspecified atom stereocenters. The van der Waals surface area contributed by atoms with Gasteiger partial charge in [0.15, 0.2) is 0 Å². The van der Waals surface area contributed by atoms with Gasteiger partial charge in [-0.2, -0.15) is 13.2 Å². The summed E-state index contributed by atoms with van der Waals surface area (Å²) < 4.78 is 38.1. The first-order valence-electron chi connectivity index (χ1n) is 5.43. The summed E-state index contributed by atoms with van der Waals surface area (Å²) in [6.45, 7) is 4.08. The third-order valence-corrected chi connectivity index (χ3v) is 2.30. The van der Waals surface area contributed by atoms with Crippen LogP contribution < -0.4 is 0 Å². The summed E-state index contributed by atoms with van der Waals surface area (Å²) in [5, 5.41) is 0. The van der Waals surface area contributed by atoms with Crippen molar-refractivity contribution in [3.63, 3.8) is 0 Å². The Balaban J connectivity index is 3.19. The van der Waals surface area contributed by atoms with Crippen molar-refractivity contribution in [2.24, 2.45) is 0 Å². The van der Waals surface area contributed by atoms with Gasteiger partial charge in [0, 0.05) is 12.2 Å². The quantitative estimate of drug-likeness (QED) is 0.813. The number of hydrogen-bond donors (Lipinski definition) is 0. The fourth-order valence-corrected chi connectivity index (χ4v) is 1.48. The van der Waals surface area contributed by atoms with E-state index in [2.05, 4.69) is 4.98 Å². The lowest BCUT2D eigenvalue weighted by Crippen LogP contribution is -2.15. The zero-order valence-corrected chi connectivity index (χ0v) is 10.5. The predicted molar refractivity (Wildman–Crippen MR) is 60.7 cm³/mol. The van der Waals surface area contributed by atoms with Crippen molar-refractivity contribution < 1.29 is 13.2 Å². The minimum absolute atomic E-state index is 0.0155. The molecule has 1 aromatic rings. The molecule has 0 N–H and O–H groups in total. The van der Waals surface area contributed by atoms with Gasteiger partial charge in [0.1, 0.15) is 0 Å². The molecule has 0 aliphatic carbocycles. The first-order chi connectivity index (χ1) is 7.70. The molecule has 0 fully saturated rings. The van der Waals surface area contributed by atoms with Gasteiger partial charge in [-0.1, -0.05) is 13.8 Å². The summed E-state index contributed by atoms with van der Waals surface area (Å²) >= 11 is 0. The van der Waals surface area contributed by atoms with Crippen LogP contribution >= 0.6 is 0 Å². The van der Waals surface area contributed by atoms with Crippen LogP contribution in [0.2, 0.25) is 0 Å². The van der Waals surface area contributed by atoms with Crippen LogP contribution in [0.3, 0.4) is 0 Å². The van der Waals surface area contributed by atoms with Crippen LogP contribution in [0.25, 0.3) is 0 Å². The standard InChI is InChI=1S/C12H17F3N2/c1-8(2)11-6-9(12(13,14)15)5-10(16-11)7-17(3)4/h5-6,8H,7H2,1-4H3. The molecule has 0 saturated carbocycles. The highest BCUT2D eigenvalue weighted by molar-refractivity contribution is 5.25. The fraction of sp³-hybridized carbons (Fsp3) is 0.583. The third-order valence-electron chi connectivity index (χ3n) is 2.30. The van der Waals surface area contributed by atoms with E-state index in [1.54, 1.807) is 19.0 Å². The molecule has 0 bridgehead atoms. The van der Waals surface area contributed by atoms with E-state index >= 15 is 0 Å². The monoisotopic (exact) mass is 246 g/mol. The second-order valence-corrected chi connectivity index (χ2v) is 4.66. The van der Waals surface area contributed by atoms with Crippen LogP contribution in [0.15, 0.2) is 12.1 Å². The highest BCUT2D eigenvalue weighted by Gasteiger charge is 2.31. The van der Waals surface area contributed by atoms with Gasteiger partial charge in [0.25, 0.3) is 0 Å².